The Kier molecular flexibility index (Phi) is 7.13. The van der Waals surface area contributed by atoms with Gasteiger partial charge in [-0.1, -0.05) is 42.6 Å². The van der Waals surface area contributed by atoms with Crippen molar-refractivity contribution in [1.82, 2.24) is 5.32 Å². The van der Waals surface area contributed by atoms with Crippen molar-refractivity contribution in [3.05, 3.63) is 28.2 Å². The Morgan fingerprint density at radius 3 is 2.80 bits per heavy atom. The summed E-state index contributed by atoms with van der Waals surface area (Å²) >= 11 is 11.9. The number of carbonyl (C=O) groups excluding carboxylic acids is 1. The summed E-state index contributed by atoms with van der Waals surface area (Å²) < 4.78 is 5.47. The first-order valence-corrected chi connectivity index (χ1v) is 7.27. The van der Waals surface area contributed by atoms with Gasteiger partial charge in [-0.2, -0.15) is 0 Å². The minimum atomic E-state index is -0.722. The van der Waals surface area contributed by atoms with Crippen LogP contribution in [0.4, 0.5) is 0 Å². The highest BCUT2D eigenvalue weighted by Crippen LogP contribution is 2.32. The van der Waals surface area contributed by atoms with Crippen molar-refractivity contribution in [3.8, 4) is 5.75 Å². The van der Waals surface area contributed by atoms with E-state index in [9.17, 15) is 9.90 Å². The average Bonchev–Trinajstić information content (AvgIpc) is 2.41. The van der Waals surface area contributed by atoms with Gasteiger partial charge in [0.2, 0.25) is 0 Å². The van der Waals surface area contributed by atoms with Gasteiger partial charge in [-0.25, -0.2) is 0 Å². The Hall–Kier alpha value is -0.970. The predicted octanol–water partition coefficient (Wildman–Crippen LogP) is 3.04. The minimum absolute atomic E-state index is 0.212. The Morgan fingerprint density at radius 1 is 1.45 bits per heavy atom. The second-order valence-electron chi connectivity index (χ2n) is 4.50. The van der Waals surface area contributed by atoms with Crippen LogP contribution in [0, 0.1) is 0 Å². The third-order valence-electron chi connectivity index (χ3n) is 2.72. The van der Waals surface area contributed by atoms with Crippen LogP contribution in [0.15, 0.2) is 18.2 Å². The number of aliphatic hydroxyl groups excluding tert-OH is 1. The quantitative estimate of drug-likeness (QED) is 0.812. The summed E-state index contributed by atoms with van der Waals surface area (Å²) in [5.41, 5.74) is 0. The predicted molar refractivity (Wildman–Crippen MR) is 80.5 cm³/mol. The highest BCUT2D eigenvalue weighted by atomic mass is 35.5. The molecule has 0 saturated carbocycles. The summed E-state index contributed by atoms with van der Waals surface area (Å²) in [5, 5.41) is 12.8. The van der Waals surface area contributed by atoms with Gasteiger partial charge in [0, 0.05) is 6.54 Å². The second-order valence-corrected chi connectivity index (χ2v) is 5.28. The van der Waals surface area contributed by atoms with Crippen LogP contribution in [0.2, 0.25) is 10.0 Å². The number of nitrogens with one attached hydrogen (secondary N) is 1. The number of hydrogen-bond acceptors (Lipinski definition) is 3. The molecule has 0 aliphatic rings. The molecule has 0 fully saturated rings. The number of aliphatic hydroxyl groups is 1. The molecule has 0 heterocycles. The molecular formula is C14H19Cl2NO3. The van der Waals surface area contributed by atoms with E-state index < -0.39 is 12.2 Å². The highest BCUT2D eigenvalue weighted by molar-refractivity contribution is 6.42. The summed E-state index contributed by atoms with van der Waals surface area (Å²) in [6.45, 7) is 3.79. The van der Waals surface area contributed by atoms with Crippen LogP contribution in [-0.2, 0) is 4.79 Å². The molecule has 20 heavy (non-hydrogen) atoms. The molecule has 2 N–H and O–H groups in total. The Labute approximate surface area is 129 Å². The maximum atomic E-state index is 11.8. The lowest BCUT2D eigenvalue weighted by molar-refractivity contribution is -0.127. The lowest BCUT2D eigenvalue weighted by Crippen LogP contribution is -2.40. The smallest absolute Gasteiger partial charge is 0.260 e. The summed E-state index contributed by atoms with van der Waals surface area (Å²) in [5.74, 6) is 0.0483. The average molecular weight is 320 g/mol. The zero-order chi connectivity index (χ0) is 15.1. The van der Waals surface area contributed by atoms with Crippen LogP contribution in [0.5, 0.6) is 5.75 Å². The number of amides is 1. The SMILES string of the molecule is CCCC(O)CNC(=O)C(C)Oc1cccc(Cl)c1Cl. The molecule has 1 aromatic rings. The molecule has 4 nitrogen and oxygen atoms in total. The lowest BCUT2D eigenvalue weighted by Gasteiger charge is -2.17. The van der Waals surface area contributed by atoms with Crippen LogP contribution in [-0.4, -0.2) is 29.8 Å². The molecule has 1 rings (SSSR count). The third kappa shape index (κ3) is 5.19. The van der Waals surface area contributed by atoms with Crippen LogP contribution < -0.4 is 10.1 Å². The fourth-order valence-corrected chi connectivity index (χ4v) is 1.95. The van der Waals surface area contributed by atoms with E-state index >= 15 is 0 Å². The Bertz CT molecular complexity index is 454. The van der Waals surface area contributed by atoms with Gasteiger partial charge >= 0.3 is 0 Å². The van der Waals surface area contributed by atoms with Crippen LogP contribution in [0.1, 0.15) is 26.7 Å². The topological polar surface area (TPSA) is 58.6 Å². The van der Waals surface area contributed by atoms with Crippen molar-refractivity contribution in [2.45, 2.75) is 38.9 Å². The largest absolute Gasteiger partial charge is 0.479 e. The molecule has 112 valence electrons. The molecule has 6 heteroatoms. The Balaban J connectivity index is 2.51. The number of hydrogen-bond donors (Lipinski definition) is 2. The summed E-state index contributed by atoms with van der Waals surface area (Å²) in [7, 11) is 0. The monoisotopic (exact) mass is 319 g/mol. The van der Waals surface area contributed by atoms with Crippen molar-refractivity contribution in [2.75, 3.05) is 6.54 Å². The molecule has 1 amide bonds. The van der Waals surface area contributed by atoms with Crippen LogP contribution in [0.3, 0.4) is 0 Å². The summed E-state index contributed by atoms with van der Waals surface area (Å²) in [6, 6.07) is 4.98. The molecule has 0 aliphatic heterocycles. The molecule has 1 aromatic carbocycles. The van der Waals surface area contributed by atoms with Gasteiger partial charge in [0.1, 0.15) is 10.8 Å². The van der Waals surface area contributed by atoms with E-state index in [4.69, 9.17) is 27.9 Å². The van der Waals surface area contributed by atoms with Gasteiger partial charge in [-0.3, -0.25) is 4.79 Å². The number of carbonyl (C=O) groups is 1. The summed E-state index contributed by atoms with van der Waals surface area (Å²) in [6.07, 6.45) is 0.252. The van der Waals surface area contributed by atoms with Crippen LogP contribution in [0.25, 0.3) is 0 Å². The first kappa shape index (κ1) is 17.1. The van der Waals surface area contributed by atoms with Crippen molar-refractivity contribution < 1.29 is 14.6 Å². The molecule has 2 unspecified atom stereocenters. The molecule has 0 aliphatic carbocycles. The van der Waals surface area contributed by atoms with E-state index in [0.717, 1.165) is 6.42 Å². The minimum Gasteiger partial charge on any atom is -0.479 e. The van der Waals surface area contributed by atoms with E-state index in [1.54, 1.807) is 25.1 Å². The van der Waals surface area contributed by atoms with Gasteiger partial charge in [-0.15, -0.1) is 0 Å². The van der Waals surface area contributed by atoms with Crippen molar-refractivity contribution in [1.29, 1.82) is 0 Å². The molecule has 0 aromatic heterocycles. The molecule has 0 spiro atoms. The first-order valence-electron chi connectivity index (χ1n) is 6.52. The zero-order valence-electron chi connectivity index (χ0n) is 11.5. The van der Waals surface area contributed by atoms with E-state index in [2.05, 4.69) is 5.32 Å². The maximum absolute atomic E-state index is 11.8. The van der Waals surface area contributed by atoms with E-state index in [1.807, 2.05) is 6.92 Å². The maximum Gasteiger partial charge on any atom is 0.260 e. The molecule has 0 bridgehead atoms. The van der Waals surface area contributed by atoms with Crippen molar-refractivity contribution in [3.63, 3.8) is 0 Å². The first-order chi connectivity index (χ1) is 9.45. The summed E-state index contributed by atoms with van der Waals surface area (Å²) in [4.78, 5) is 11.8. The molecule has 0 radical (unpaired) electrons. The third-order valence-corrected chi connectivity index (χ3v) is 3.52. The fourth-order valence-electron chi connectivity index (χ4n) is 1.62. The van der Waals surface area contributed by atoms with Gasteiger partial charge in [0.15, 0.2) is 6.10 Å². The number of halogens is 2. The fraction of sp³-hybridized carbons (Fsp3) is 0.500. The van der Waals surface area contributed by atoms with Gasteiger partial charge in [-0.05, 0) is 25.5 Å². The van der Waals surface area contributed by atoms with Crippen molar-refractivity contribution >= 4 is 29.1 Å². The van der Waals surface area contributed by atoms with Gasteiger partial charge < -0.3 is 15.2 Å². The standard InChI is InChI=1S/C14H19Cl2NO3/c1-3-5-10(18)8-17-14(19)9(2)20-12-7-4-6-11(15)13(12)16/h4,6-7,9-10,18H,3,5,8H2,1-2H3,(H,17,19). The Morgan fingerprint density at radius 2 is 2.15 bits per heavy atom. The number of benzene rings is 1. The van der Waals surface area contributed by atoms with E-state index in [1.165, 1.54) is 0 Å². The molecule has 2 atom stereocenters. The highest BCUT2D eigenvalue weighted by Gasteiger charge is 2.17. The van der Waals surface area contributed by atoms with Gasteiger partial charge in [0.05, 0.1) is 11.1 Å². The van der Waals surface area contributed by atoms with E-state index in [-0.39, 0.29) is 17.5 Å². The molecule has 0 saturated heterocycles. The number of rotatable bonds is 7. The molecular weight excluding hydrogens is 301 g/mol. The second kappa shape index (κ2) is 8.35. The van der Waals surface area contributed by atoms with Crippen LogP contribution >= 0.6 is 23.2 Å². The van der Waals surface area contributed by atoms with Crippen molar-refractivity contribution in [2.24, 2.45) is 0 Å². The zero-order valence-corrected chi connectivity index (χ0v) is 13.0. The van der Waals surface area contributed by atoms with Gasteiger partial charge in [0.25, 0.3) is 5.91 Å². The normalized spacial score (nSPS) is 13.7. The van der Waals surface area contributed by atoms with E-state index in [0.29, 0.717) is 17.2 Å². The number of ether oxygens (including phenoxy) is 1. The lowest BCUT2D eigenvalue weighted by atomic mass is 10.2.